The van der Waals surface area contributed by atoms with Gasteiger partial charge in [0.25, 0.3) is 5.91 Å². The normalized spacial score (nSPS) is 10.7. The third kappa shape index (κ3) is 3.09. The largest absolute Gasteiger partial charge is 0.451 e. The number of fused-ring (bicyclic) bond motifs is 2. The van der Waals surface area contributed by atoms with Crippen LogP contribution in [0.3, 0.4) is 0 Å². The number of carbonyl (C=O) groups is 1. The van der Waals surface area contributed by atoms with Crippen LogP contribution in [0.5, 0.6) is 0 Å². The average Bonchev–Trinajstić information content (AvgIpc) is 3.06. The summed E-state index contributed by atoms with van der Waals surface area (Å²) in [6, 6.07) is 23.0. The van der Waals surface area contributed by atoms with Crippen molar-refractivity contribution in [1.82, 2.24) is 5.32 Å². The lowest BCUT2D eigenvalue weighted by Crippen LogP contribution is -2.33. The van der Waals surface area contributed by atoms with Crippen molar-refractivity contribution < 1.29 is 9.21 Å². The van der Waals surface area contributed by atoms with Crippen molar-refractivity contribution in [2.24, 2.45) is 0 Å². The molecule has 0 spiro atoms. The highest BCUT2D eigenvalue weighted by Crippen LogP contribution is 2.23. The monoisotopic (exact) mass is 346 g/mol. The number of furan rings is 1. The molecule has 122 valence electrons. The molecule has 4 rings (SSSR count). The molecule has 0 saturated heterocycles. The van der Waals surface area contributed by atoms with E-state index in [9.17, 15) is 4.79 Å². The van der Waals surface area contributed by atoms with Gasteiger partial charge in [-0.2, -0.15) is 0 Å². The van der Waals surface area contributed by atoms with E-state index in [1.54, 1.807) is 6.07 Å². The predicted molar refractivity (Wildman–Crippen MR) is 104 cm³/mol. The summed E-state index contributed by atoms with van der Waals surface area (Å²) < 4.78 is 5.55. The number of benzene rings is 3. The first kappa shape index (κ1) is 15.4. The summed E-state index contributed by atoms with van der Waals surface area (Å²) in [5.74, 6) is -0.155. The average molecular weight is 346 g/mol. The van der Waals surface area contributed by atoms with Crippen LogP contribution in [0.15, 0.2) is 77.2 Å². The molecule has 0 radical (unpaired) electrons. The van der Waals surface area contributed by atoms with Gasteiger partial charge in [-0.05, 0) is 35.8 Å². The SMILES string of the molecule is O=C(NC(=S)Nc1cccc2ccccc12)c1cc2ccccc2o1. The number of rotatable bonds is 2. The molecule has 0 atom stereocenters. The molecular formula is C20H14N2O2S. The maximum Gasteiger partial charge on any atom is 0.293 e. The maximum absolute atomic E-state index is 12.3. The van der Waals surface area contributed by atoms with Gasteiger partial charge in [0.2, 0.25) is 0 Å². The Hall–Kier alpha value is -3.18. The van der Waals surface area contributed by atoms with Crippen molar-refractivity contribution >= 4 is 50.7 Å². The predicted octanol–water partition coefficient (Wildman–Crippen LogP) is 4.71. The van der Waals surface area contributed by atoms with E-state index < -0.39 is 0 Å². The van der Waals surface area contributed by atoms with Gasteiger partial charge in [0.15, 0.2) is 10.9 Å². The number of anilines is 1. The molecule has 0 aliphatic rings. The summed E-state index contributed by atoms with van der Waals surface area (Å²) in [6.45, 7) is 0. The molecule has 4 nitrogen and oxygen atoms in total. The molecule has 0 fully saturated rings. The van der Waals surface area contributed by atoms with Crippen LogP contribution in [0, 0.1) is 0 Å². The van der Waals surface area contributed by atoms with Crippen molar-refractivity contribution in [3.8, 4) is 0 Å². The lowest BCUT2D eigenvalue weighted by molar-refractivity contribution is 0.0953. The molecule has 3 aromatic carbocycles. The highest BCUT2D eigenvalue weighted by molar-refractivity contribution is 7.80. The van der Waals surface area contributed by atoms with Crippen LogP contribution >= 0.6 is 12.2 Å². The maximum atomic E-state index is 12.3. The third-order valence-electron chi connectivity index (χ3n) is 3.91. The van der Waals surface area contributed by atoms with E-state index >= 15 is 0 Å². The molecule has 0 saturated carbocycles. The van der Waals surface area contributed by atoms with Gasteiger partial charge in [0, 0.05) is 16.5 Å². The molecule has 25 heavy (non-hydrogen) atoms. The van der Waals surface area contributed by atoms with Crippen molar-refractivity contribution in [3.05, 3.63) is 78.6 Å². The van der Waals surface area contributed by atoms with Gasteiger partial charge in [-0.3, -0.25) is 10.1 Å². The first-order valence-corrected chi connectivity index (χ1v) is 8.20. The second-order valence-corrected chi connectivity index (χ2v) is 5.99. The fourth-order valence-corrected chi connectivity index (χ4v) is 2.95. The van der Waals surface area contributed by atoms with Gasteiger partial charge in [-0.1, -0.05) is 54.6 Å². The van der Waals surface area contributed by atoms with Crippen LogP contribution in [0.1, 0.15) is 10.6 Å². The van der Waals surface area contributed by atoms with E-state index in [0.29, 0.717) is 5.58 Å². The molecule has 1 amide bonds. The smallest absolute Gasteiger partial charge is 0.293 e. The molecule has 5 heteroatoms. The van der Waals surface area contributed by atoms with Crippen molar-refractivity contribution in [2.45, 2.75) is 0 Å². The minimum Gasteiger partial charge on any atom is -0.451 e. The van der Waals surface area contributed by atoms with Gasteiger partial charge in [-0.15, -0.1) is 0 Å². The number of hydrogen-bond donors (Lipinski definition) is 2. The quantitative estimate of drug-likeness (QED) is 0.516. The second-order valence-electron chi connectivity index (χ2n) is 5.58. The van der Waals surface area contributed by atoms with Crippen molar-refractivity contribution in [3.63, 3.8) is 0 Å². The van der Waals surface area contributed by atoms with Crippen molar-refractivity contribution in [2.75, 3.05) is 5.32 Å². The fraction of sp³-hybridized carbons (Fsp3) is 0. The zero-order chi connectivity index (χ0) is 17.2. The van der Waals surface area contributed by atoms with Crippen LogP contribution < -0.4 is 10.6 Å². The fourth-order valence-electron chi connectivity index (χ4n) is 2.75. The van der Waals surface area contributed by atoms with Crippen LogP contribution in [0.2, 0.25) is 0 Å². The zero-order valence-electron chi connectivity index (χ0n) is 13.2. The van der Waals surface area contributed by atoms with Gasteiger partial charge in [0.1, 0.15) is 5.58 Å². The summed E-state index contributed by atoms with van der Waals surface area (Å²) in [6.07, 6.45) is 0. The van der Waals surface area contributed by atoms with Crippen molar-refractivity contribution in [1.29, 1.82) is 0 Å². The van der Waals surface area contributed by atoms with E-state index in [1.807, 2.05) is 66.7 Å². The Morgan fingerprint density at radius 3 is 2.44 bits per heavy atom. The second kappa shape index (κ2) is 6.37. The number of para-hydroxylation sites is 1. The highest BCUT2D eigenvalue weighted by Gasteiger charge is 2.14. The highest BCUT2D eigenvalue weighted by atomic mass is 32.1. The number of amides is 1. The lowest BCUT2D eigenvalue weighted by atomic mass is 10.1. The van der Waals surface area contributed by atoms with Gasteiger partial charge in [-0.25, -0.2) is 0 Å². The Bertz CT molecular complexity index is 1060. The molecule has 0 aliphatic carbocycles. The minimum atomic E-state index is -0.381. The summed E-state index contributed by atoms with van der Waals surface area (Å²) in [5.41, 5.74) is 1.51. The molecule has 0 aliphatic heterocycles. The Labute approximate surface area is 149 Å². The first-order chi connectivity index (χ1) is 12.2. The van der Waals surface area contributed by atoms with Gasteiger partial charge in [0.05, 0.1) is 0 Å². The molecule has 2 N–H and O–H groups in total. The van der Waals surface area contributed by atoms with E-state index in [0.717, 1.165) is 21.8 Å². The van der Waals surface area contributed by atoms with Crippen LogP contribution in [-0.4, -0.2) is 11.0 Å². The Morgan fingerprint density at radius 1 is 0.880 bits per heavy atom. The summed E-state index contributed by atoms with van der Waals surface area (Å²) >= 11 is 5.27. The lowest BCUT2D eigenvalue weighted by Gasteiger charge is -2.11. The topological polar surface area (TPSA) is 54.3 Å². The van der Waals surface area contributed by atoms with Crippen LogP contribution in [-0.2, 0) is 0 Å². The molecule has 1 heterocycles. The summed E-state index contributed by atoms with van der Waals surface area (Å²) in [4.78, 5) is 12.3. The van der Waals surface area contributed by atoms with Crippen LogP contribution in [0.4, 0.5) is 5.69 Å². The van der Waals surface area contributed by atoms with E-state index in [1.165, 1.54) is 0 Å². The standard InChI is InChI=1S/C20H14N2O2S/c23-19(18-12-14-7-2-4-11-17(14)24-18)22-20(25)21-16-10-5-8-13-6-1-3-9-15(13)16/h1-12H,(H2,21,22,23,25). The molecule has 0 unspecified atom stereocenters. The van der Waals surface area contributed by atoms with Crippen LogP contribution in [0.25, 0.3) is 21.7 Å². The molecule has 4 aromatic rings. The third-order valence-corrected chi connectivity index (χ3v) is 4.12. The Morgan fingerprint density at radius 2 is 1.60 bits per heavy atom. The molecule has 1 aromatic heterocycles. The van der Waals surface area contributed by atoms with E-state index in [-0.39, 0.29) is 16.8 Å². The minimum absolute atomic E-state index is 0.224. The number of carbonyl (C=O) groups excluding carboxylic acids is 1. The number of hydrogen-bond acceptors (Lipinski definition) is 3. The first-order valence-electron chi connectivity index (χ1n) is 7.79. The van der Waals surface area contributed by atoms with E-state index in [4.69, 9.17) is 16.6 Å². The Kier molecular flexibility index (Phi) is 3.91. The zero-order valence-corrected chi connectivity index (χ0v) is 14.0. The summed E-state index contributed by atoms with van der Waals surface area (Å²) in [5, 5.41) is 8.96. The Balaban J connectivity index is 1.52. The van der Waals surface area contributed by atoms with E-state index in [2.05, 4.69) is 10.6 Å². The number of thiocarbonyl (C=S) groups is 1. The van der Waals surface area contributed by atoms with Gasteiger partial charge >= 0.3 is 0 Å². The molecule has 0 bridgehead atoms. The summed E-state index contributed by atoms with van der Waals surface area (Å²) in [7, 11) is 0. The number of nitrogens with one attached hydrogen (secondary N) is 2. The molecular weight excluding hydrogens is 332 g/mol. The van der Waals surface area contributed by atoms with Gasteiger partial charge < -0.3 is 9.73 Å².